The molecule has 202 valence electrons. The molecule has 0 saturated carbocycles. The number of anilines is 1. The molecule has 1 saturated heterocycles. The van der Waals surface area contributed by atoms with E-state index in [-0.39, 0.29) is 30.0 Å². The maximum Gasteiger partial charge on any atom is 0.166 e. The van der Waals surface area contributed by atoms with Crippen molar-refractivity contribution in [3.05, 3.63) is 54.5 Å². The number of pyridine rings is 2. The van der Waals surface area contributed by atoms with Crippen LogP contribution in [0.3, 0.4) is 0 Å². The van der Waals surface area contributed by atoms with Crippen molar-refractivity contribution in [3.8, 4) is 17.1 Å². The summed E-state index contributed by atoms with van der Waals surface area (Å²) in [5.74, 6) is 0.823. The second-order valence-corrected chi connectivity index (χ2v) is 12.0. The van der Waals surface area contributed by atoms with Gasteiger partial charge in [0.1, 0.15) is 15.5 Å². The van der Waals surface area contributed by atoms with E-state index < -0.39 is 15.7 Å². The maximum absolute atomic E-state index is 14.4. The first-order chi connectivity index (χ1) is 18.3. The lowest BCUT2D eigenvalue weighted by Gasteiger charge is -2.33. The summed E-state index contributed by atoms with van der Waals surface area (Å²) in [5, 5.41) is 13.3. The number of aliphatic hydroxyl groups is 1. The lowest BCUT2D eigenvalue weighted by Crippen LogP contribution is -2.43. The monoisotopic (exact) mass is 541 g/mol. The zero-order chi connectivity index (χ0) is 26.9. The number of fused-ring (bicyclic) bond motifs is 1. The van der Waals surface area contributed by atoms with Gasteiger partial charge in [-0.2, -0.15) is 0 Å². The Bertz CT molecular complexity index is 1540. The van der Waals surface area contributed by atoms with Crippen LogP contribution in [0.1, 0.15) is 18.4 Å². The SMILES string of the molecule is CNc1ncc(-c2ccc3c(CCN(CCO)C4CCS(=O)(=O)CC4)cn(-c4cn(C)cn4)c3n2)cc1F. The van der Waals surface area contributed by atoms with E-state index in [1.165, 1.54) is 6.07 Å². The summed E-state index contributed by atoms with van der Waals surface area (Å²) >= 11 is 0. The molecule has 2 N–H and O–H groups in total. The molecule has 0 atom stereocenters. The summed E-state index contributed by atoms with van der Waals surface area (Å²) in [7, 11) is 0.559. The molecule has 0 unspecified atom stereocenters. The van der Waals surface area contributed by atoms with Gasteiger partial charge in [0.15, 0.2) is 17.5 Å². The van der Waals surface area contributed by atoms with E-state index >= 15 is 0 Å². The van der Waals surface area contributed by atoms with Crippen molar-refractivity contribution in [3.63, 3.8) is 0 Å². The number of halogens is 1. The second-order valence-electron chi connectivity index (χ2n) is 9.69. The lowest BCUT2D eigenvalue weighted by molar-refractivity contribution is 0.143. The number of imidazole rings is 1. The van der Waals surface area contributed by atoms with E-state index in [0.29, 0.717) is 55.1 Å². The molecular formula is C26H32FN7O3S. The van der Waals surface area contributed by atoms with Crippen molar-refractivity contribution >= 4 is 26.7 Å². The van der Waals surface area contributed by atoms with Gasteiger partial charge in [-0.3, -0.25) is 9.47 Å². The average Bonchev–Trinajstić information content (AvgIpc) is 3.49. The molecule has 5 heterocycles. The number of hydrogen-bond donors (Lipinski definition) is 2. The van der Waals surface area contributed by atoms with Gasteiger partial charge in [-0.1, -0.05) is 0 Å². The van der Waals surface area contributed by atoms with Gasteiger partial charge in [0, 0.05) is 62.8 Å². The highest BCUT2D eigenvalue weighted by Gasteiger charge is 2.28. The number of sulfone groups is 1. The van der Waals surface area contributed by atoms with Gasteiger partial charge in [-0.25, -0.2) is 27.8 Å². The van der Waals surface area contributed by atoms with E-state index in [1.54, 1.807) is 19.6 Å². The average molecular weight is 542 g/mol. The molecule has 0 spiro atoms. The first-order valence-corrected chi connectivity index (χ1v) is 14.5. The van der Waals surface area contributed by atoms with Crippen molar-refractivity contribution in [2.75, 3.05) is 43.6 Å². The molecule has 0 aliphatic carbocycles. The van der Waals surface area contributed by atoms with Crippen LogP contribution in [0, 0.1) is 5.82 Å². The molecule has 0 radical (unpaired) electrons. The third-order valence-corrected chi connectivity index (χ3v) is 8.86. The predicted molar refractivity (Wildman–Crippen MR) is 145 cm³/mol. The highest BCUT2D eigenvalue weighted by Crippen LogP contribution is 2.29. The van der Waals surface area contributed by atoms with Gasteiger partial charge in [0.2, 0.25) is 0 Å². The van der Waals surface area contributed by atoms with Crippen LogP contribution < -0.4 is 5.32 Å². The molecule has 4 aromatic heterocycles. The second kappa shape index (κ2) is 10.8. The fourth-order valence-electron chi connectivity index (χ4n) is 5.10. The van der Waals surface area contributed by atoms with Crippen molar-refractivity contribution < 1.29 is 17.9 Å². The summed E-state index contributed by atoms with van der Waals surface area (Å²) in [4.78, 5) is 15.7. The third-order valence-electron chi connectivity index (χ3n) is 7.14. The van der Waals surface area contributed by atoms with Crippen LogP contribution >= 0.6 is 0 Å². The van der Waals surface area contributed by atoms with E-state index in [1.807, 2.05) is 40.7 Å². The minimum atomic E-state index is -2.96. The summed E-state index contributed by atoms with van der Waals surface area (Å²) in [6, 6.07) is 5.39. The highest BCUT2D eigenvalue weighted by molar-refractivity contribution is 7.91. The van der Waals surface area contributed by atoms with Crippen LogP contribution in [-0.4, -0.2) is 86.8 Å². The van der Waals surface area contributed by atoms with E-state index in [4.69, 9.17) is 4.98 Å². The lowest BCUT2D eigenvalue weighted by atomic mass is 10.1. The van der Waals surface area contributed by atoms with E-state index in [9.17, 15) is 17.9 Å². The fourth-order valence-corrected chi connectivity index (χ4v) is 6.57. The molecule has 12 heteroatoms. The summed E-state index contributed by atoms with van der Waals surface area (Å²) in [5.41, 5.74) is 2.93. The van der Waals surface area contributed by atoms with Crippen molar-refractivity contribution in [1.29, 1.82) is 0 Å². The normalized spacial score (nSPS) is 15.9. The molecular weight excluding hydrogens is 509 g/mol. The number of aryl methyl sites for hydroxylation is 1. The molecule has 1 fully saturated rings. The van der Waals surface area contributed by atoms with Crippen LogP contribution in [0.25, 0.3) is 28.1 Å². The van der Waals surface area contributed by atoms with Crippen molar-refractivity contribution in [2.24, 2.45) is 7.05 Å². The van der Waals surface area contributed by atoms with Crippen LogP contribution in [-0.2, 0) is 23.3 Å². The molecule has 5 rings (SSSR count). The predicted octanol–water partition coefficient (Wildman–Crippen LogP) is 2.42. The number of hydrogen-bond acceptors (Lipinski definition) is 8. The number of aliphatic hydroxyl groups excluding tert-OH is 1. The Kier molecular flexibility index (Phi) is 7.46. The highest BCUT2D eigenvalue weighted by atomic mass is 32.2. The third kappa shape index (κ3) is 5.42. The zero-order valence-corrected chi connectivity index (χ0v) is 22.3. The molecule has 1 aliphatic rings. The number of nitrogens with zero attached hydrogens (tertiary/aromatic N) is 6. The van der Waals surface area contributed by atoms with Gasteiger partial charge < -0.3 is 15.0 Å². The molecule has 1 aliphatic heterocycles. The van der Waals surface area contributed by atoms with Crippen LogP contribution in [0.4, 0.5) is 10.2 Å². The Morgan fingerprint density at radius 3 is 2.63 bits per heavy atom. The first kappa shape index (κ1) is 26.3. The Balaban J connectivity index is 1.48. The van der Waals surface area contributed by atoms with Gasteiger partial charge >= 0.3 is 0 Å². The van der Waals surface area contributed by atoms with Gasteiger partial charge in [-0.05, 0) is 43.0 Å². The standard InChI is InChI=1S/C26H32FN7O3S/c1-28-25-22(27)13-19(14-29-25)23-4-3-21-18(15-34(26(21)31-23)24-16-32(2)17-30-24)5-8-33(9-10-35)20-6-11-38(36,37)12-7-20/h3-4,13-17,20,35H,5-12H2,1-2H3,(H,28,29). The smallest absolute Gasteiger partial charge is 0.166 e. The Hall–Kier alpha value is -3.35. The molecule has 38 heavy (non-hydrogen) atoms. The number of aromatic nitrogens is 5. The quantitative estimate of drug-likeness (QED) is 0.332. The summed E-state index contributed by atoms with van der Waals surface area (Å²) in [6.45, 7) is 1.18. The molecule has 0 aromatic carbocycles. The van der Waals surface area contributed by atoms with E-state index in [2.05, 4.69) is 20.2 Å². The number of nitrogens with one attached hydrogen (secondary N) is 1. The van der Waals surface area contributed by atoms with Crippen molar-refractivity contribution in [2.45, 2.75) is 25.3 Å². The minimum Gasteiger partial charge on any atom is -0.395 e. The Morgan fingerprint density at radius 2 is 1.97 bits per heavy atom. The van der Waals surface area contributed by atoms with Gasteiger partial charge in [-0.15, -0.1) is 0 Å². The summed E-state index contributed by atoms with van der Waals surface area (Å²) < 4.78 is 42.0. The summed E-state index contributed by atoms with van der Waals surface area (Å²) in [6.07, 6.45) is 9.10. The number of rotatable bonds is 9. The largest absolute Gasteiger partial charge is 0.395 e. The molecule has 0 amide bonds. The molecule has 4 aromatic rings. The van der Waals surface area contributed by atoms with Crippen LogP contribution in [0.2, 0.25) is 0 Å². The topological polar surface area (TPSA) is 118 Å². The zero-order valence-electron chi connectivity index (χ0n) is 21.5. The first-order valence-electron chi connectivity index (χ1n) is 12.7. The fraction of sp³-hybridized carbons (Fsp3) is 0.423. The molecule has 10 nitrogen and oxygen atoms in total. The Morgan fingerprint density at radius 1 is 1.18 bits per heavy atom. The van der Waals surface area contributed by atoms with E-state index in [0.717, 1.165) is 10.9 Å². The van der Waals surface area contributed by atoms with Gasteiger partial charge in [0.25, 0.3) is 0 Å². The van der Waals surface area contributed by atoms with Gasteiger partial charge in [0.05, 0.1) is 30.1 Å². The Labute approximate surface area is 221 Å². The van der Waals surface area contributed by atoms with Crippen LogP contribution in [0.5, 0.6) is 0 Å². The molecule has 0 bridgehead atoms. The minimum absolute atomic E-state index is 0.0147. The maximum atomic E-state index is 14.4. The van der Waals surface area contributed by atoms with Crippen molar-refractivity contribution in [1.82, 2.24) is 29.0 Å². The van der Waals surface area contributed by atoms with Crippen LogP contribution in [0.15, 0.2) is 43.1 Å².